The molecule has 0 saturated heterocycles. The van der Waals surface area contributed by atoms with Gasteiger partial charge in [-0.2, -0.15) is 5.26 Å². The fourth-order valence-electron chi connectivity index (χ4n) is 1.68. The van der Waals surface area contributed by atoms with E-state index < -0.39 is 0 Å². The molecule has 2 nitrogen and oxygen atoms in total. The highest BCUT2D eigenvalue weighted by molar-refractivity contribution is 5.51. The Morgan fingerprint density at radius 2 is 1.87 bits per heavy atom. The summed E-state index contributed by atoms with van der Waals surface area (Å²) in [5.74, 6) is 0. The van der Waals surface area contributed by atoms with Crippen molar-refractivity contribution in [1.82, 2.24) is 0 Å². The highest BCUT2D eigenvalue weighted by Gasteiger charge is 2.04. The van der Waals surface area contributed by atoms with Crippen LogP contribution in [0.25, 0.3) is 0 Å². The largest absolute Gasteiger partial charge is 0.372 e. The molecule has 0 spiro atoms. The van der Waals surface area contributed by atoms with Crippen LogP contribution in [-0.4, -0.2) is 13.1 Å². The number of anilines is 1. The summed E-state index contributed by atoms with van der Waals surface area (Å²) in [5, 5.41) is 8.84. The van der Waals surface area contributed by atoms with Crippen molar-refractivity contribution in [2.24, 2.45) is 0 Å². The highest BCUT2D eigenvalue weighted by atomic mass is 15.1. The third kappa shape index (κ3) is 3.28. The van der Waals surface area contributed by atoms with Crippen molar-refractivity contribution in [3.05, 3.63) is 29.8 Å². The topological polar surface area (TPSA) is 27.0 Å². The van der Waals surface area contributed by atoms with Gasteiger partial charge < -0.3 is 4.90 Å². The number of rotatable bonds is 5. The second-order valence-electron chi connectivity index (χ2n) is 3.65. The Morgan fingerprint density at radius 3 is 2.40 bits per heavy atom. The maximum Gasteiger partial charge on any atom is 0.0992 e. The first-order valence-electron chi connectivity index (χ1n) is 5.57. The number of hydrogen-bond donors (Lipinski definition) is 0. The SMILES string of the molecule is CCCN(CCC)c1cccc(C#N)c1. The van der Waals surface area contributed by atoms with E-state index >= 15 is 0 Å². The van der Waals surface area contributed by atoms with Crippen molar-refractivity contribution in [3.63, 3.8) is 0 Å². The van der Waals surface area contributed by atoms with Crippen LogP contribution in [0, 0.1) is 11.3 Å². The first kappa shape index (κ1) is 11.6. The Kier molecular flexibility index (Phi) is 4.70. The van der Waals surface area contributed by atoms with E-state index in [2.05, 4.69) is 30.9 Å². The van der Waals surface area contributed by atoms with E-state index in [0.29, 0.717) is 0 Å². The van der Waals surface area contributed by atoms with Gasteiger partial charge in [-0.05, 0) is 31.0 Å². The number of hydrogen-bond acceptors (Lipinski definition) is 2. The van der Waals surface area contributed by atoms with Gasteiger partial charge in [0.25, 0.3) is 0 Å². The van der Waals surface area contributed by atoms with Gasteiger partial charge in [-0.3, -0.25) is 0 Å². The number of nitrogens with zero attached hydrogens (tertiary/aromatic N) is 2. The van der Waals surface area contributed by atoms with Crippen LogP contribution in [0.4, 0.5) is 5.69 Å². The molecule has 15 heavy (non-hydrogen) atoms. The average molecular weight is 202 g/mol. The lowest BCUT2D eigenvalue weighted by atomic mass is 10.2. The lowest BCUT2D eigenvalue weighted by molar-refractivity contribution is 0.745. The van der Waals surface area contributed by atoms with Gasteiger partial charge >= 0.3 is 0 Å². The van der Waals surface area contributed by atoms with Gasteiger partial charge in [0.15, 0.2) is 0 Å². The Morgan fingerprint density at radius 1 is 1.20 bits per heavy atom. The Bertz CT molecular complexity index is 333. The predicted molar refractivity (Wildman–Crippen MR) is 64.0 cm³/mol. The maximum absolute atomic E-state index is 8.84. The minimum Gasteiger partial charge on any atom is -0.372 e. The Labute approximate surface area is 92.1 Å². The van der Waals surface area contributed by atoms with Crippen LogP contribution in [0.2, 0.25) is 0 Å². The highest BCUT2D eigenvalue weighted by Crippen LogP contribution is 2.16. The Hall–Kier alpha value is -1.49. The lowest BCUT2D eigenvalue weighted by Crippen LogP contribution is -2.24. The third-order valence-electron chi connectivity index (χ3n) is 2.33. The van der Waals surface area contributed by atoms with E-state index in [9.17, 15) is 0 Å². The zero-order chi connectivity index (χ0) is 11.1. The molecule has 0 unspecified atom stereocenters. The zero-order valence-corrected chi connectivity index (χ0v) is 9.53. The molecule has 0 N–H and O–H groups in total. The summed E-state index contributed by atoms with van der Waals surface area (Å²) < 4.78 is 0. The van der Waals surface area contributed by atoms with Crippen LogP contribution < -0.4 is 4.90 Å². The van der Waals surface area contributed by atoms with Crippen LogP contribution in [0.3, 0.4) is 0 Å². The van der Waals surface area contributed by atoms with Crippen molar-refractivity contribution < 1.29 is 0 Å². The lowest BCUT2D eigenvalue weighted by Gasteiger charge is -2.23. The van der Waals surface area contributed by atoms with Gasteiger partial charge in [0.1, 0.15) is 0 Å². The van der Waals surface area contributed by atoms with Gasteiger partial charge in [0.2, 0.25) is 0 Å². The summed E-state index contributed by atoms with van der Waals surface area (Å²) in [7, 11) is 0. The summed E-state index contributed by atoms with van der Waals surface area (Å²) in [6.07, 6.45) is 2.27. The molecule has 0 amide bonds. The minimum absolute atomic E-state index is 0.740. The van der Waals surface area contributed by atoms with Crippen molar-refractivity contribution >= 4 is 5.69 Å². The smallest absolute Gasteiger partial charge is 0.0992 e. The van der Waals surface area contributed by atoms with Crippen molar-refractivity contribution in [3.8, 4) is 6.07 Å². The summed E-state index contributed by atoms with van der Waals surface area (Å²) in [4.78, 5) is 2.33. The molecule has 0 aromatic heterocycles. The van der Waals surface area contributed by atoms with Crippen LogP contribution in [0.1, 0.15) is 32.3 Å². The van der Waals surface area contributed by atoms with Crippen molar-refractivity contribution in [1.29, 1.82) is 5.26 Å². The molecule has 1 rings (SSSR count). The molecule has 0 heterocycles. The van der Waals surface area contributed by atoms with E-state index in [0.717, 1.165) is 37.2 Å². The van der Waals surface area contributed by atoms with Crippen LogP contribution in [-0.2, 0) is 0 Å². The quantitative estimate of drug-likeness (QED) is 0.733. The molecule has 0 saturated carbocycles. The summed E-state index contributed by atoms with van der Waals surface area (Å²) >= 11 is 0. The molecular weight excluding hydrogens is 184 g/mol. The van der Waals surface area contributed by atoms with E-state index in [-0.39, 0.29) is 0 Å². The first-order chi connectivity index (χ1) is 7.31. The molecule has 0 bridgehead atoms. The molecule has 0 atom stereocenters. The molecule has 1 aromatic carbocycles. The van der Waals surface area contributed by atoms with E-state index in [1.54, 1.807) is 0 Å². The molecule has 1 aromatic rings. The fourth-order valence-corrected chi connectivity index (χ4v) is 1.68. The zero-order valence-electron chi connectivity index (χ0n) is 9.53. The number of benzene rings is 1. The molecule has 0 aliphatic heterocycles. The first-order valence-corrected chi connectivity index (χ1v) is 5.57. The van der Waals surface area contributed by atoms with E-state index in [4.69, 9.17) is 5.26 Å². The molecule has 2 heteroatoms. The standard InChI is InChI=1S/C13H18N2/c1-3-8-15(9-4-2)13-7-5-6-12(10-13)11-14/h5-7,10H,3-4,8-9H2,1-2H3. The second kappa shape index (κ2) is 6.08. The normalized spacial score (nSPS) is 9.67. The average Bonchev–Trinajstić information content (AvgIpc) is 2.29. The Balaban J connectivity index is 2.85. The summed E-state index contributed by atoms with van der Waals surface area (Å²) in [6, 6.07) is 10.0. The van der Waals surface area contributed by atoms with Crippen LogP contribution >= 0.6 is 0 Å². The van der Waals surface area contributed by atoms with Gasteiger partial charge in [-0.25, -0.2) is 0 Å². The van der Waals surface area contributed by atoms with Crippen molar-refractivity contribution in [2.75, 3.05) is 18.0 Å². The van der Waals surface area contributed by atoms with Gasteiger partial charge in [0, 0.05) is 18.8 Å². The number of nitriles is 1. The summed E-state index contributed by atoms with van der Waals surface area (Å²) in [6.45, 7) is 6.47. The van der Waals surface area contributed by atoms with Gasteiger partial charge in [-0.15, -0.1) is 0 Å². The molecule has 0 radical (unpaired) electrons. The van der Waals surface area contributed by atoms with Crippen LogP contribution in [0.15, 0.2) is 24.3 Å². The van der Waals surface area contributed by atoms with Crippen molar-refractivity contribution in [2.45, 2.75) is 26.7 Å². The van der Waals surface area contributed by atoms with E-state index in [1.807, 2.05) is 18.2 Å². The van der Waals surface area contributed by atoms with Gasteiger partial charge in [-0.1, -0.05) is 19.9 Å². The second-order valence-corrected chi connectivity index (χ2v) is 3.65. The summed E-state index contributed by atoms with van der Waals surface area (Å²) in [5.41, 5.74) is 1.91. The molecule has 80 valence electrons. The third-order valence-corrected chi connectivity index (χ3v) is 2.33. The molecular formula is C13H18N2. The minimum atomic E-state index is 0.740. The maximum atomic E-state index is 8.84. The monoisotopic (exact) mass is 202 g/mol. The van der Waals surface area contributed by atoms with E-state index in [1.165, 1.54) is 0 Å². The molecule has 0 fully saturated rings. The molecule has 0 aliphatic rings. The molecule has 0 aliphatic carbocycles. The van der Waals surface area contributed by atoms with Crippen LogP contribution in [0.5, 0.6) is 0 Å². The predicted octanol–water partition coefficient (Wildman–Crippen LogP) is 3.18. The van der Waals surface area contributed by atoms with Gasteiger partial charge in [0.05, 0.1) is 11.6 Å². The fraction of sp³-hybridized carbons (Fsp3) is 0.462.